The number of hydrazone groups is 1. The first-order valence-electron chi connectivity index (χ1n) is 6.35. The highest BCUT2D eigenvalue weighted by Gasteiger charge is 2.32. The van der Waals surface area contributed by atoms with Gasteiger partial charge in [0.25, 0.3) is 5.69 Å². The standard InChI is InChI=1S/C12H14N4O5/c1-8-12(21-8)3-2-6-13-14-10-5-4-9(15(17)18)7-11(10)16(19)20/h4-8,12,14H,2-3H2,1H3/b13-6+. The normalized spacial score (nSPS) is 20.4. The predicted molar refractivity (Wildman–Crippen MR) is 75.4 cm³/mol. The molecule has 0 aromatic heterocycles. The molecule has 0 radical (unpaired) electrons. The average molecular weight is 294 g/mol. The summed E-state index contributed by atoms with van der Waals surface area (Å²) in [6.07, 6.45) is 3.68. The van der Waals surface area contributed by atoms with Crippen molar-refractivity contribution in [3.8, 4) is 0 Å². The number of anilines is 1. The Bertz CT molecular complexity index is 589. The van der Waals surface area contributed by atoms with Gasteiger partial charge in [-0.2, -0.15) is 5.10 Å². The van der Waals surface area contributed by atoms with Crippen LogP contribution in [0, 0.1) is 20.2 Å². The fourth-order valence-electron chi connectivity index (χ4n) is 1.83. The summed E-state index contributed by atoms with van der Waals surface area (Å²) in [4.78, 5) is 20.1. The van der Waals surface area contributed by atoms with Crippen LogP contribution in [0.5, 0.6) is 0 Å². The minimum absolute atomic E-state index is 0.109. The molecule has 112 valence electrons. The van der Waals surface area contributed by atoms with Crippen LogP contribution in [0.2, 0.25) is 0 Å². The zero-order valence-corrected chi connectivity index (χ0v) is 11.3. The molecule has 9 heteroatoms. The van der Waals surface area contributed by atoms with Crippen molar-refractivity contribution in [2.75, 3.05) is 5.43 Å². The Labute approximate surface area is 119 Å². The minimum Gasteiger partial charge on any atom is -0.370 e. The van der Waals surface area contributed by atoms with Gasteiger partial charge in [0.1, 0.15) is 5.69 Å². The molecular formula is C12H14N4O5. The van der Waals surface area contributed by atoms with Crippen molar-refractivity contribution in [1.29, 1.82) is 0 Å². The van der Waals surface area contributed by atoms with E-state index in [4.69, 9.17) is 4.74 Å². The molecule has 0 saturated carbocycles. The van der Waals surface area contributed by atoms with Crippen LogP contribution in [0.25, 0.3) is 0 Å². The molecule has 1 aliphatic rings. The van der Waals surface area contributed by atoms with E-state index in [1.807, 2.05) is 6.92 Å². The first-order valence-corrected chi connectivity index (χ1v) is 6.35. The molecule has 1 fully saturated rings. The number of epoxide rings is 1. The lowest BCUT2D eigenvalue weighted by molar-refractivity contribution is -0.393. The van der Waals surface area contributed by atoms with Crippen LogP contribution in [-0.4, -0.2) is 28.3 Å². The van der Waals surface area contributed by atoms with Gasteiger partial charge in [-0.15, -0.1) is 0 Å². The smallest absolute Gasteiger partial charge is 0.301 e. The van der Waals surface area contributed by atoms with Crippen molar-refractivity contribution in [3.05, 3.63) is 38.4 Å². The van der Waals surface area contributed by atoms with Crippen molar-refractivity contribution in [2.45, 2.75) is 32.0 Å². The van der Waals surface area contributed by atoms with Gasteiger partial charge in [0.05, 0.1) is 28.1 Å². The average Bonchev–Trinajstić information content (AvgIpc) is 3.14. The first-order chi connectivity index (χ1) is 9.99. The largest absolute Gasteiger partial charge is 0.370 e. The van der Waals surface area contributed by atoms with Gasteiger partial charge in [0.15, 0.2) is 0 Å². The fraction of sp³-hybridized carbons (Fsp3) is 0.417. The highest BCUT2D eigenvalue weighted by Crippen LogP contribution is 2.29. The summed E-state index contributed by atoms with van der Waals surface area (Å²) < 4.78 is 5.23. The summed E-state index contributed by atoms with van der Waals surface area (Å²) in [5, 5.41) is 25.4. The van der Waals surface area contributed by atoms with E-state index in [0.29, 0.717) is 12.5 Å². The predicted octanol–water partition coefficient (Wildman–Crippen LogP) is 2.47. The summed E-state index contributed by atoms with van der Waals surface area (Å²) >= 11 is 0. The van der Waals surface area contributed by atoms with Gasteiger partial charge in [-0.1, -0.05) is 0 Å². The Morgan fingerprint density at radius 3 is 2.67 bits per heavy atom. The monoisotopic (exact) mass is 294 g/mol. The zero-order chi connectivity index (χ0) is 15.4. The highest BCUT2D eigenvalue weighted by atomic mass is 16.6. The zero-order valence-electron chi connectivity index (χ0n) is 11.3. The van der Waals surface area contributed by atoms with Gasteiger partial charge in [-0.3, -0.25) is 25.7 Å². The number of nitrogens with zero attached hydrogens (tertiary/aromatic N) is 3. The van der Waals surface area contributed by atoms with E-state index in [1.165, 1.54) is 12.1 Å². The molecule has 1 heterocycles. The number of benzene rings is 1. The molecule has 9 nitrogen and oxygen atoms in total. The molecule has 1 aliphatic heterocycles. The fourth-order valence-corrected chi connectivity index (χ4v) is 1.83. The maximum Gasteiger partial charge on any atom is 0.301 e. The van der Waals surface area contributed by atoms with Crippen LogP contribution in [0.4, 0.5) is 17.1 Å². The van der Waals surface area contributed by atoms with Gasteiger partial charge in [-0.05, 0) is 25.8 Å². The van der Waals surface area contributed by atoms with Crippen LogP contribution < -0.4 is 5.43 Å². The van der Waals surface area contributed by atoms with E-state index in [-0.39, 0.29) is 23.2 Å². The quantitative estimate of drug-likeness (QED) is 0.356. The number of hydrogen-bond donors (Lipinski definition) is 1. The third-order valence-corrected chi connectivity index (χ3v) is 3.08. The number of nitro groups is 2. The molecule has 1 aromatic carbocycles. The summed E-state index contributed by atoms with van der Waals surface area (Å²) in [6.45, 7) is 1.99. The van der Waals surface area contributed by atoms with Gasteiger partial charge in [-0.25, -0.2) is 0 Å². The summed E-state index contributed by atoms with van der Waals surface area (Å²) in [6, 6.07) is 3.35. The van der Waals surface area contributed by atoms with Crippen LogP contribution >= 0.6 is 0 Å². The maximum atomic E-state index is 10.9. The molecule has 21 heavy (non-hydrogen) atoms. The third kappa shape index (κ3) is 3.96. The van der Waals surface area contributed by atoms with Crippen molar-refractivity contribution in [2.24, 2.45) is 5.10 Å². The van der Waals surface area contributed by atoms with Gasteiger partial charge in [0, 0.05) is 12.3 Å². The van der Waals surface area contributed by atoms with Gasteiger partial charge < -0.3 is 4.74 Å². The van der Waals surface area contributed by atoms with E-state index >= 15 is 0 Å². The van der Waals surface area contributed by atoms with Crippen LogP contribution in [-0.2, 0) is 4.74 Å². The molecule has 0 amide bonds. The Morgan fingerprint density at radius 1 is 1.38 bits per heavy atom. The molecule has 0 spiro atoms. The second-order valence-corrected chi connectivity index (χ2v) is 4.60. The number of nitro benzene ring substituents is 2. The Hall–Kier alpha value is -2.55. The maximum absolute atomic E-state index is 10.9. The lowest BCUT2D eigenvalue weighted by Crippen LogP contribution is -1.99. The number of nitrogens with one attached hydrogen (secondary N) is 1. The molecule has 2 atom stereocenters. The number of rotatable bonds is 7. The summed E-state index contributed by atoms with van der Waals surface area (Å²) in [5.41, 5.74) is 1.91. The van der Waals surface area contributed by atoms with Gasteiger partial charge in [0.2, 0.25) is 0 Å². The second-order valence-electron chi connectivity index (χ2n) is 4.60. The van der Waals surface area contributed by atoms with Crippen LogP contribution in [0.3, 0.4) is 0 Å². The van der Waals surface area contributed by atoms with Crippen molar-refractivity contribution < 1.29 is 14.6 Å². The van der Waals surface area contributed by atoms with E-state index in [9.17, 15) is 20.2 Å². The Balaban J connectivity index is 1.96. The first kappa shape index (κ1) is 14.9. The number of hydrogen-bond acceptors (Lipinski definition) is 7. The van der Waals surface area contributed by atoms with E-state index in [2.05, 4.69) is 10.5 Å². The lowest BCUT2D eigenvalue weighted by atomic mass is 10.2. The van der Waals surface area contributed by atoms with Crippen LogP contribution in [0.15, 0.2) is 23.3 Å². The molecule has 2 unspecified atom stereocenters. The SMILES string of the molecule is CC1OC1CC/C=N/Nc1ccc([N+](=O)[O-])cc1[N+](=O)[O-]. The molecule has 1 aromatic rings. The van der Waals surface area contributed by atoms with E-state index in [0.717, 1.165) is 12.5 Å². The van der Waals surface area contributed by atoms with E-state index in [1.54, 1.807) is 6.21 Å². The number of non-ortho nitro benzene ring substituents is 1. The lowest BCUT2D eigenvalue weighted by Gasteiger charge is -2.01. The second kappa shape index (κ2) is 6.27. The highest BCUT2D eigenvalue weighted by molar-refractivity contribution is 5.67. The summed E-state index contributed by atoms with van der Waals surface area (Å²) in [5.74, 6) is 0. The minimum atomic E-state index is -0.690. The molecule has 1 N–H and O–H groups in total. The molecular weight excluding hydrogens is 280 g/mol. The molecule has 0 aliphatic carbocycles. The van der Waals surface area contributed by atoms with Crippen molar-refractivity contribution in [1.82, 2.24) is 0 Å². The van der Waals surface area contributed by atoms with E-state index < -0.39 is 9.85 Å². The summed E-state index contributed by atoms with van der Waals surface area (Å²) in [7, 11) is 0. The Morgan fingerprint density at radius 2 is 2.10 bits per heavy atom. The molecule has 0 bridgehead atoms. The third-order valence-electron chi connectivity index (χ3n) is 3.08. The topological polar surface area (TPSA) is 123 Å². The Kier molecular flexibility index (Phi) is 4.43. The van der Waals surface area contributed by atoms with Gasteiger partial charge >= 0.3 is 5.69 Å². The molecule has 1 saturated heterocycles. The number of ether oxygens (including phenoxy) is 1. The molecule has 2 rings (SSSR count). The van der Waals surface area contributed by atoms with Crippen molar-refractivity contribution >= 4 is 23.3 Å². The van der Waals surface area contributed by atoms with Crippen LogP contribution in [0.1, 0.15) is 19.8 Å². The van der Waals surface area contributed by atoms with Crippen molar-refractivity contribution in [3.63, 3.8) is 0 Å².